The molecule has 5 heteroatoms. The van der Waals surface area contributed by atoms with Crippen LogP contribution in [0.5, 0.6) is 5.75 Å². The van der Waals surface area contributed by atoms with Crippen molar-refractivity contribution in [2.75, 3.05) is 17.7 Å². The summed E-state index contributed by atoms with van der Waals surface area (Å²) in [5.41, 5.74) is 6.93. The first kappa shape index (κ1) is 11.8. The molecule has 0 amide bonds. The number of para-hydroxylation sites is 1. The van der Waals surface area contributed by atoms with E-state index in [1.807, 2.05) is 25.1 Å². The molecule has 2 heterocycles. The first-order valence-corrected chi connectivity index (χ1v) is 6.38. The fourth-order valence-electron chi connectivity index (χ4n) is 2.21. The standard InChI is InChI=1S/C14H16N4O/c1-2-13-17-12(15)7-14(18-13)16-10-8-19-11-6-4-3-5-9(10)11/h3-7,10H,2,8H2,1H3,(H3,15,16,17,18). The molecular weight excluding hydrogens is 240 g/mol. The van der Waals surface area contributed by atoms with Crippen LogP contribution in [0.25, 0.3) is 0 Å². The van der Waals surface area contributed by atoms with E-state index in [0.29, 0.717) is 12.4 Å². The number of nitrogens with zero attached hydrogens (tertiary/aromatic N) is 2. The van der Waals surface area contributed by atoms with E-state index in [0.717, 1.165) is 29.4 Å². The van der Waals surface area contributed by atoms with Gasteiger partial charge in [-0.2, -0.15) is 0 Å². The van der Waals surface area contributed by atoms with Gasteiger partial charge in [0.05, 0.1) is 6.04 Å². The molecule has 0 radical (unpaired) electrons. The number of hydrogen-bond acceptors (Lipinski definition) is 5. The van der Waals surface area contributed by atoms with Crippen LogP contribution in [0, 0.1) is 0 Å². The van der Waals surface area contributed by atoms with Crippen molar-refractivity contribution in [3.8, 4) is 5.75 Å². The Morgan fingerprint density at radius 2 is 2.21 bits per heavy atom. The molecule has 98 valence electrons. The zero-order valence-electron chi connectivity index (χ0n) is 10.8. The summed E-state index contributed by atoms with van der Waals surface area (Å²) < 4.78 is 5.63. The summed E-state index contributed by atoms with van der Waals surface area (Å²) in [5, 5.41) is 3.36. The van der Waals surface area contributed by atoms with Gasteiger partial charge >= 0.3 is 0 Å². The Morgan fingerprint density at radius 1 is 1.37 bits per heavy atom. The van der Waals surface area contributed by atoms with Gasteiger partial charge in [-0.3, -0.25) is 0 Å². The number of ether oxygens (including phenoxy) is 1. The van der Waals surface area contributed by atoms with Crippen LogP contribution in [0.2, 0.25) is 0 Å². The summed E-state index contributed by atoms with van der Waals surface area (Å²) in [4.78, 5) is 8.60. The Balaban J connectivity index is 1.85. The Morgan fingerprint density at radius 3 is 3.05 bits per heavy atom. The third-order valence-electron chi connectivity index (χ3n) is 3.13. The largest absolute Gasteiger partial charge is 0.491 e. The normalized spacial score (nSPS) is 16.8. The van der Waals surface area contributed by atoms with Crippen molar-refractivity contribution in [1.29, 1.82) is 0 Å². The van der Waals surface area contributed by atoms with Crippen molar-refractivity contribution in [2.45, 2.75) is 19.4 Å². The lowest BCUT2D eigenvalue weighted by atomic mass is 10.1. The second-order valence-electron chi connectivity index (χ2n) is 4.49. The third-order valence-corrected chi connectivity index (χ3v) is 3.13. The van der Waals surface area contributed by atoms with E-state index in [4.69, 9.17) is 10.5 Å². The Labute approximate surface area is 111 Å². The highest BCUT2D eigenvalue weighted by Gasteiger charge is 2.23. The highest BCUT2D eigenvalue weighted by molar-refractivity contribution is 5.49. The topological polar surface area (TPSA) is 73.1 Å². The molecule has 0 aliphatic carbocycles. The number of aromatic nitrogens is 2. The smallest absolute Gasteiger partial charge is 0.132 e. The van der Waals surface area contributed by atoms with Gasteiger partial charge in [-0.05, 0) is 6.07 Å². The lowest BCUT2D eigenvalue weighted by Gasteiger charge is -2.13. The minimum atomic E-state index is 0.107. The lowest BCUT2D eigenvalue weighted by molar-refractivity contribution is 0.339. The zero-order chi connectivity index (χ0) is 13.2. The zero-order valence-corrected chi connectivity index (χ0v) is 10.8. The van der Waals surface area contributed by atoms with Crippen molar-refractivity contribution >= 4 is 11.6 Å². The van der Waals surface area contributed by atoms with Gasteiger partial charge in [0.1, 0.15) is 29.8 Å². The summed E-state index contributed by atoms with van der Waals surface area (Å²) in [6.07, 6.45) is 0.761. The summed E-state index contributed by atoms with van der Waals surface area (Å²) in [6.45, 7) is 2.61. The maximum atomic E-state index is 5.78. The SMILES string of the molecule is CCc1nc(N)cc(NC2COc3ccccc32)n1. The number of nitrogens with one attached hydrogen (secondary N) is 1. The van der Waals surface area contributed by atoms with E-state index in [1.54, 1.807) is 6.07 Å². The van der Waals surface area contributed by atoms with Crippen LogP contribution < -0.4 is 15.8 Å². The van der Waals surface area contributed by atoms with Crippen LogP contribution in [-0.4, -0.2) is 16.6 Å². The van der Waals surface area contributed by atoms with Gasteiger partial charge in [0, 0.05) is 18.1 Å². The second kappa shape index (κ2) is 4.76. The minimum absolute atomic E-state index is 0.107. The van der Waals surface area contributed by atoms with Crippen molar-refractivity contribution in [3.05, 3.63) is 41.7 Å². The van der Waals surface area contributed by atoms with Crippen molar-refractivity contribution in [2.24, 2.45) is 0 Å². The highest BCUT2D eigenvalue weighted by atomic mass is 16.5. The molecule has 0 spiro atoms. The first-order chi connectivity index (χ1) is 9.26. The molecule has 5 nitrogen and oxygen atoms in total. The van der Waals surface area contributed by atoms with Gasteiger partial charge in [-0.25, -0.2) is 9.97 Å². The van der Waals surface area contributed by atoms with Crippen LogP contribution in [0.15, 0.2) is 30.3 Å². The number of nitrogen functional groups attached to an aromatic ring is 1. The summed E-state index contributed by atoms with van der Waals surface area (Å²) in [7, 11) is 0. The molecule has 19 heavy (non-hydrogen) atoms. The predicted octanol–water partition coefficient (Wildman–Crippen LogP) is 2.17. The van der Waals surface area contributed by atoms with Gasteiger partial charge < -0.3 is 15.8 Å². The average Bonchev–Trinajstić information content (AvgIpc) is 2.82. The van der Waals surface area contributed by atoms with E-state index in [1.165, 1.54) is 0 Å². The summed E-state index contributed by atoms with van der Waals surface area (Å²) in [5.74, 6) is 2.91. The van der Waals surface area contributed by atoms with Gasteiger partial charge in [-0.1, -0.05) is 25.1 Å². The molecule has 1 aromatic heterocycles. The molecule has 1 aromatic carbocycles. The van der Waals surface area contributed by atoms with Crippen molar-refractivity contribution < 1.29 is 4.74 Å². The molecule has 1 atom stereocenters. The van der Waals surface area contributed by atoms with Crippen molar-refractivity contribution in [3.63, 3.8) is 0 Å². The van der Waals surface area contributed by atoms with Gasteiger partial charge in [-0.15, -0.1) is 0 Å². The number of rotatable bonds is 3. The van der Waals surface area contributed by atoms with Crippen molar-refractivity contribution in [1.82, 2.24) is 9.97 Å². The third kappa shape index (κ3) is 2.31. The average molecular weight is 256 g/mol. The number of hydrogen-bond donors (Lipinski definition) is 2. The fourth-order valence-corrected chi connectivity index (χ4v) is 2.21. The number of nitrogens with two attached hydrogens (primary N) is 1. The number of benzene rings is 1. The molecule has 2 aromatic rings. The molecule has 3 N–H and O–H groups in total. The molecule has 3 rings (SSSR count). The second-order valence-corrected chi connectivity index (χ2v) is 4.49. The first-order valence-electron chi connectivity index (χ1n) is 6.38. The van der Waals surface area contributed by atoms with E-state index in [2.05, 4.69) is 21.4 Å². The molecule has 1 aliphatic rings. The molecular formula is C14H16N4O. The fraction of sp³-hybridized carbons (Fsp3) is 0.286. The molecule has 1 unspecified atom stereocenters. The van der Waals surface area contributed by atoms with Crippen LogP contribution >= 0.6 is 0 Å². The molecule has 0 saturated heterocycles. The van der Waals surface area contributed by atoms with Gasteiger partial charge in [0.15, 0.2) is 0 Å². The monoisotopic (exact) mass is 256 g/mol. The molecule has 0 fully saturated rings. The maximum absolute atomic E-state index is 5.78. The van der Waals surface area contributed by atoms with E-state index in [9.17, 15) is 0 Å². The Hall–Kier alpha value is -2.30. The van der Waals surface area contributed by atoms with Gasteiger partial charge in [0.25, 0.3) is 0 Å². The number of anilines is 2. The highest BCUT2D eigenvalue weighted by Crippen LogP contribution is 2.33. The maximum Gasteiger partial charge on any atom is 0.132 e. The molecule has 0 bridgehead atoms. The Bertz CT molecular complexity index is 600. The van der Waals surface area contributed by atoms with Crippen LogP contribution in [0.1, 0.15) is 24.4 Å². The molecule has 1 aliphatic heterocycles. The van der Waals surface area contributed by atoms with E-state index in [-0.39, 0.29) is 6.04 Å². The summed E-state index contributed by atoms with van der Waals surface area (Å²) >= 11 is 0. The predicted molar refractivity (Wildman–Crippen MR) is 74.1 cm³/mol. The number of fused-ring (bicyclic) bond motifs is 1. The minimum Gasteiger partial charge on any atom is -0.491 e. The quantitative estimate of drug-likeness (QED) is 0.880. The van der Waals surface area contributed by atoms with Crippen LogP contribution in [0.3, 0.4) is 0 Å². The van der Waals surface area contributed by atoms with Crippen LogP contribution in [0.4, 0.5) is 11.6 Å². The Kier molecular flexibility index (Phi) is 2.95. The summed E-state index contributed by atoms with van der Waals surface area (Å²) in [6, 6.07) is 9.87. The lowest BCUT2D eigenvalue weighted by Crippen LogP contribution is -2.14. The van der Waals surface area contributed by atoms with Gasteiger partial charge in [0.2, 0.25) is 0 Å². The van der Waals surface area contributed by atoms with E-state index >= 15 is 0 Å². The van der Waals surface area contributed by atoms with Crippen LogP contribution in [-0.2, 0) is 6.42 Å². The molecule has 0 saturated carbocycles. The van der Waals surface area contributed by atoms with E-state index < -0.39 is 0 Å². The number of aryl methyl sites for hydroxylation is 1.